The third-order valence-electron chi connectivity index (χ3n) is 2.46. The zero-order valence-corrected chi connectivity index (χ0v) is 10.6. The number of carbonyl (C=O) groups excluding carboxylic acids is 2. The Morgan fingerprint density at radius 1 is 1.06 bits per heavy atom. The van der Waals surface area contributed by atoms with Crippen LogP contribution in [0.25, 0.3) is 0 Å². The molecular formula is C11H21NO4. The summed E-state index contributed by atoms with van der Waals surface area (Å²) >= 11 is 0. The topological polar surface area (TPSA) is 55.8 Å². The van der Waals surface area contributed by atoms with E-state index in [1.54, 1.807) is 0 Å². The van der Waals surface area contributed by atoms with E-state index >= 15 is 0 Å². The Kier molecular flexibility index (Phi) is 6.72. The first-order valence-corrected chi connectivity index (χ1v) is 5.31. The zero-order chi connectivity index (χ0) is 12.7. The lowest BCUT2D eigenvalue weighted by molar-refractivity contribution is -0.146. The summed E-state index contributed by atoms with van der Waals surface area (Å²) in [5, 5.41) is 0. The lowest BCUT2D eigenvalue weighted by Crippen LogP contribution is -2.43. The minimum atomic E-state index is -0.301. The summed E-state index contributed by atoms with van der Waals surface area (Å²) in [6, 6.07) is 0.116. The van der Waals surface area contributed by atoms with Crippen LogP contribution in [0.4, 0.5) is 0 Å². The van der Waals surface area contributed by atoms with Crippen molar-refractivity contribution in [2.24, 2.45) is 0 Å². The van der Waals surface area contributed by atoms with Crippen molar-refractivity contribution in [1.82, 2.24) is 4.90 Å². The van der Waals surface area contributed by atoms with E-state index in [9.17, 15) is 9.59 Å². The molecule has 0 spiro atoms. The Hall–Kier alpha value is -1.10. The summed E-state index contributed by atoms with van der Waals surface area (Å²) in [5.74, 6) is -0.576. The van der Waals surface area contributed by atoms with Crippen molar-refractivity contribution in [3.63, 3.8) is 0 Å². The van der Waals surface area contributed by atoms with Crippen LogP contribution in [-0.2, 0) is 19.1 Å². The van der Waals surface area contributed by atoms with Crippen LogP contribution in [0.3, 0.4) is 0 Å². The Balaban J connectivity index is 4.40. The van der Waals surface area contributed by atoms with E-state index in [0.29, 0.717) is 0 Å². The van der Waals surface area contributed by atoms with Crippen LogP contribution < -0.4 is 0 Å². The van der Waals surface area contributed by atoms with E-state index < -0.39 is 0 Å². The molecule has 0 N–H and O–H groups in total. The van der Waals surface area contributed by atoms with Crippen LogP contribution in [0.5, 0.6) is 0 Å². The molecule has 0 amide bonds. The Morgan fingerprint density at radius 3 is 1.94 bits per heavy atom. The molecule has 0 radical (unpaired) electrons. The molecule has 5 heteroatoms. The van der Waals surface area contributed by atoms with Crippen molar-refractivity contribution in [3.05, 3.63) is 0 Å². The van der Waals surface area contributed by atoms with Crippen molar-refractivity contribution in [1.29, 1.82) is 0 Å². The maximum atomic E-state index is 11.2. The van der Waals surface area contributed by atoms with Crippen molar-refractivity contribution in [2.75, 3.05) is 20.8 Å². The highest BCUT2D eigenvalue weighted by Gasteiger charge is 2.22. The second-order valence-electron chi connectivity index (χ2n) is 3.97. The Bertz CT molecular complexity index is 240. The first-order chi connectivity index (χ1) is 7.42. The van der Waals surface area contributed by atoms with Crippen LogP contribution in [0, 0.1) is 0 Å². The van der Waals surface area contributed by atoms with E-state index in [1.165, 1.54) is 14.2 Å². The van der Waals surface area contributed by atoms with E-state index in [2.05, 4.69) is 9.47 Å². The summed E-state index contributed by atoms with van der Waals surface area (Å²) in [6.45, 7) is 6.01. The standard InChI is InChI=1S/C11H21NO4/c1-8(2)12(7-11(14)16-5)9(3)6-10(13)15-4/h8-9H,6-7H2,1-5H3. The van der Waals surface area contributed by atoms with E-state index in [0.717, 1.165) is 0 Å². The third-order valence-corrected chi connectivity index (χ3v) is 2.46. The fraction of sp³-hybridized carbons (Fsp3) is 0.818. The number of methoxy groups -OCH3 is 2. The number of hydrogen-bond donors (Lipinski definition) is 0. The molecule has 94 valence electrons. The average molecular weight is 231 g/mol. The van der Waals surface area contributed by atoms with Gasteiger partial charge in [-0.25, -0.2) is 0 Å². The van der Waals surface area contributed by atoms with E-state index in [1.807, 2.05) is 25.7 Å². The minimum absolute atomic E-state index is 0.0495. The van der Waals surface area contributed by atoms with Crippen LogP contribution in [0.2, 0.25) is 0 Å². The molecule has 16 heavy (non-hydrogen) atoms. The normalized spacial score (nSPS) is 12.7. The SMILES string of the molecule is COC(=O)CC(C)N(CC(=O)OC)C(C)C. The quantitative estimate of drug-likeness (QED) is 0.633. The first-order valence-electron chi connectivity index (χ1n) is 5.31. The highest BCUT2D eigenvalue weighted by Crippen LogP contribution is 2.09. The number of ether oxygens (including phenoxy) is 2. The average Bonchev–Trinajstić information content (AvgIpc) is 2.24. The second kappa shape index (κ2) is 7.22. The molecule has 0 fully saturated rings. The van der Waals surface area contributed by atoms with Crippen LogP contribution in [0.15, 0.2) is 0 Å². The summed E-state index contributed by atoms with van der Waals surface area (Å²) in [4.78, 5) is 24.3. The number of rotatable bonds is 6. The van der Waals surface area contributed by atoms with Gasteiger partial charge in [-0.2, -0.15) is 0 Å². The maximum Gasteiger partial charge on any atom is 0.319 e. The van der Waals surface area contributed by atoms with Gasteiger partial charge in [-0.3, -0.25) is 14.5 Å². The maximum absolute atomic E-state index is 11.2. The smallest absolute Gasteiger partial charge is 0.319 e. The largest absolute Gasteiger partial charge is 0.469 e. The van der Waals surface area contributed by atoms with Gasteiger partial charge in [0.15, 0.2) is 0 Å². The zero-order valence-electron chi connectivity index (χ0n) is 10.6. The molecule has 0 heterocycles. The molecule has 0 aromatic rings. The highest BCUT2D eigenvalue weighted by molar-refractivity contribution is 5.72. The van der Waals surface area contributed by atoms with Crippen LogP contribution >= 0.6 is 0 Å². The molecule has 0 saturated heterocycles. The number of nitrogens with zero attached hydrogens (tertiary/aromatic N) is 1. The fourth-order valence-corrected chi connectivity index (χ4v) is 1.50. The van der Waals surface area contributed by atoms with Gasteiger partial charge in [-0.05, 0) is 20.8 Å². The summed E-state index contributed by atoms with van der Waals surface area (Å²) in [6.07, 6.45) is 0.270. The van der Waals surface area contributed by atoms with Crippen molar-refractivity contribution in [3.8, 4) is 0 Å². The van der Waals surface area contributed by atoms with Gasteiger partial charge in [0.2, 0.25) is 0 Å². The lowest BCUT2D eigenvalue weighted by Gasteiger charge is -2.30. The Morgan fingerprint density at radius 2 is 1.56 bits per heavy atom. The van der Waals surface area contributed by atoms with Gasteiger partial charge >= 0.3 is 11.9 Å². The number of esters is 2. The van der Waals surface area contributed by atoms with E-state index in [-0.39, 0.29) is 37.0 Å². The molecule has 0 rings (SSSR count). The molecule has 1 unspecified atom stereocenters. The molecule has 0 saturated carbocycles. The molecule has 0 bridgehead atoms. The molecule has 0 aromatic heterocycles. The van der Waals surface area contributed by atoms with Gasteiger partial charge in [0.05, 0.1) is 27.2 Å². The summed E-state index contributed by atoms with van der Waals surface area (Å²) < 4.78 is 9.22. The monoisotopic (exact) mass is 231 g/mol. The van der Waals surface area contributed by atoms with Gasteiger partial charge in [0.25, 0.3) is 0 Å². The lowest BCUT2D eigenvalue weighted by atomic mass is 10.1. The molecule has 5 nitrogen and oxygen atoms in total. The van der Waals surface area contributed by atoms with Gasteiger partial charge in [-0.1, -0.05) is 0 Å². The van der Waals surface area contributed by atoms with Gasteiger partial charge in [-0.15, -0.1) is 0 Å². The number of hydrogen-bond acceptors (Lipinski definition) is 5. The Labute approximate surface area is 96.7 Å². The highest BCUT2D eigenvalue weighted by atomic mass is 16.5. The molecule has 0 aromatic carbocycles. The molecule has 1 atom stereocenters. The minimum Gasteiger partial charge on any atom is -0.469 e. The summed E-state index contributed by atoms with van der Waals surface area (Å²) in [7, 11) is 2.71. The van der Waals surface area contributed by atoms with Gasteiger partial charge < -0.3 is 9.47 Å². The fourth-order valence-electron chi connectivity index (χ4n) is 1.50. The predicted octanol–water partition coefficient (Wildman–Crippen LogP) is 0.821. The van der Waals surface area contributed by atoms with Gasteiger partial charge in [0, 0.05) is 12.1 Å². The molecule has 0 aliphatic carbocycles. The van der Waals surface area contributed by atoms with E-state index in [4.69, 9.17) is 0 Å². The molecular weight excluding hydrogens is 210 g/mol. The van der Waals surface area contributed by atoms with Gasteiger partial charge in [0.1, 0.15) is 0 Å². The van der Waals surface area contributed by atoms with Crippen LogP contribution in [0.1, 0.15) is 27.2 Å². The molecule has 0 aliphatic rings. The van der Waals surface area contributed by atoms with Crippen molar-refractivity contribution < 1.29 is 19.1 Å². The second-order valence-corrected chi connectivity index (χ2v) is 3.97. The molecule has 0 aliphatic heterocycles. The van der Waals surface area contributed by atoms with Crippen molar-refractivity contribution in [2.45, 2.75) is 39.3 Å². The number of carbonyl (C=O) groups is 2. The summed E-state index contributed by atoms with van der Waals surface area (Å²) in [5.41, 5.74) is 0. The predicted molar refractivity (Wildman–Crippen MR) is 60.0 cm³/mol. The third kappa shape index (κ3) is 5.11. The van der Waals surface area contributed by atoms with Crippen LogP contribution in [-0.4, -0.2) is 49.7 Å². The first kappa shape index (κ1) is 14.9. The van der Waals surface area contributed by atoms with Crippen molar-refractivity contribution >= 4 is 11.9 Å².